The van der Waals surface area contributed by atoms with Crippen LogP contribution in [-0.4, -0.2) is 81.8 Å². The fraction of sp³-hybridized carbons (Fsp3) is 0.500. The van der Waals surface area contributed by atoms with Gasteiger partial charge in [-0.2, -0.15) is 0 Å². The Bertz CT molecular complexity index is 726. The maximum absolute atomic E-state index is 12.8. The molecule has 2 heterocycles. The predicted octanol–water partition coefficient (Wildman–Crippen LogP) is -0.784. The monoisotopic (exact) mass is 376 g/mol. The van der Waals surface area contributed by atoms with E-state index in [0.717, 1.165) is 5.56 Å². The maximum Gasteiger partial charge on any atom is 0.405 e. The van der Waals surface area contributed by atoms with Crippen LogP contribution in [0, 0.1) is 0 Å². The second-order valence-corrected chi connectivity index (χ2v) is 7.05. The van der Waals surface area contributed by atoms with Crippen molar-refractivity contribution in [2.45, 2.75) is 31.2 Å². The molecule has 0 bridgehead atoms. The lowest BCUT2D eigenvalue weighted by Crippen LogP contribution is -2.80. The molecular weight excluding hydrogens is 352 g/mol. The number of carbonyl (C=O) groups is 3. The highest BCUT2D eigenvalue weighted by Crippen LogP contribution is 2.29. The van der Waals surface area contributed by atoms with E-state index in [1.807, 2.05) is 30.3 Å². The largest absolute Gasteiger partial charge is 0.465 e. The molecule has 3 amide bonds. The topological polar surface area (TPSA) is 122 Å². The van der Waals surface area contributed by atoms with Crippen molar-refractivity contribution in [3.63, 3.8) is 0 Å². The second kappa shape index (κ2) is 7.53. The molecule has 1 aromatic carbocycles. The molecular formula is C18H24N4O5. The average molecular weight is 376 g/mol. The summed E-state index contributed by atoms with van der Waals surface area (Å²) in [5, 5.41) is 23.5. The molecule has 2 aliphatic rings. The molecule has 3 rings (SSSR count). The number of benzene rings is 1. The lowest BCUT2D eigenvalue weighted by atomic mass is 9.85. The Morgan fingerprint density at radius 2 is 2.00 bits per heavy atom. The molecule has 146 valence electrons. The summed E-state index contributed by atoms with van der Waals surface area (Å²) in [6, 6.07) is 8.52. The van der Waals surface area contributed by atoms with Gasteiger partial charge in [-0.05, 0) is 12.5 Å². The molecule has 2 fully saturated rings. The number of nitrogens with one attached hydrogen (secondary N) is 2. The fourth-order valence-corrected chi connectivity index (χ4v) is 3.64. The smallest absolute Gasteiger partial charge is 0.405 e. The van der Waals surface area contributed by atoms with Gasteiger partial charge in [-0.3, -0.25) is 14.5 Å². The van der Waals surface area contributed by atoms with Crippen LogP contribution in [0.15, 0.2) is 30.3 Å². The summed E-state index contributed by atoms with van der Waals surface area (Å²) >= 11 is 0. The van der Waals surface area contributed by atoms with Crippen molar-refractivity contribution in [2.24, 2.45) is 0 Å². The Kier molecular flexibility index (Phi) is 5.33. The van der Waals surface area contributed by atoms with E-state index in [1.165, 1.54) is 11.8 Å². The molecule has 0 saturated carbocycles. The second-order valence-electron chi connectivity index (χ2n) is 7.05. The predicted molar refractivity (Wildman–Crippen MR) is 95.8 cm³/mol. The van der Waals surface area contributed by atoms with Gasteiger partial charge in [-0.15, -0.1) is 0 Å². The lowest BCUT2D eigenvalue weighted by Gasteiger charge is -2.54. The number of hydrogen-bond acceptors (Lipinski definition) is 5. The minimum atomic E-state index is -1.38. The molecule has 2 saturated heterocycles. The minimum Gasteiger partial charge on any atom is -0.465 e. The normalized spacial score (nSPS) is 24.7. The van der Waals surface area contributed by atoms with Crippen molar-refractivity contribution in [1.29, 1.82) is 0 Å². The van der Waals surface area contributed by atoms with Crippen LogP contribution in [-0.2, 0) is 16.1 Å². The van der Waals surface area contributed by atoms with Gasteiger partial charge in [0.05, 0.1) is 6.10 Å². The molecule has 0 aromatic heterocycles. The van der Waals surface area contributed by atoms with E-state index in [1.54, 1.807) is 0 Å². The van der Waals surface area contributed by atoms with Gasteiger partial charge >= 0.3 is 6.09 Å². The summed E-state index contributed by atoms with van der Waals surface area (Å²) in [6.45, 7) is 3.36. The summed E-state index contributed by atoms with van der Waals surface area (Å²) in [5.41, 5.74) is 0.252. The van der Waals surface area contributed by atoms with Gasteiger partial charge in [0.1, 0.15) is 11.6 Å². The van der Waals surface area contributed by atoms with E-state index in [2.05, 4.69) is 15.5 Å². The summed E-state index contributed by atoms with van der Waals surface area (Å²) in [5.74, 6) is -0.665. The lowest BCUT2D eigenvalue weighted by molar-refractivity contribution is -0.157. The Morgan fingerprint density at radius 1 is 1.30 bits per heavy atom. The van der Waals surface area contributed by atoms with Crippen LogP contribution in [0.1, 0.15) is 12.5 Å². The molecule has 0 radical (unpaired) electrons. The maximum atomic E-state index is 12.8. The summed E-state index contributed by atoms with van der Waals surface area (Å²) in [4.78, 5) is 39.6. The van der Waals surface area contributed by atoms with E-state index in [0.29, 0.717) is 26.2 Å². The number of piperazine rings is 1. The highest BCUT2D eigenvalue weighted by molar-refractivity contribution is 5.94. The molecule has 9 nitrogen and oxygen atoms in total. The van der Waals surface area contributed by atoms with Gasteiger partial charge in [-0.25, -0.2) is 4.79 Å². The molecule has 0 aliphatic carbocycles. The fourth-order valence-electron chi connectivity index (χ4n) is 3.64. The first kappa shape index (κ1) is 19.1. The van der Waals surface area contributed by atoms with Crippen LogP contribution in [0.25, 0.3) is 0 Å². The first-order valence-corrected chi connectivity index (χ1v) is 8.87. The molecule has 4 N–H and O–H groups in total. The Morgan fingerprint density at radius 3 is 2.52 bits per heavy atom. The van der Waals surface area contributed by atoms with E-state index < -0.39 is 29.7 Å². The zero-order chi connectivity index (χ0) is 19.6. The van der Waals surface area contributed by atoms with Gasteiger partial charge in [0.25, 0.3) is 0 Å². The number of hydrogen-bond donors (Lipinski definition) is 4. The van der Waals surface area contributed by atoms with Crippen molar-refractivity contribution in [3.8, 4) is 0 Å². The van der Waals surface area contributed by atoms with Crippen LogP contribution in [0.4, 0.5) is 4.79 Å². The van der Waals surface area contributed by atoms with Crippen LogP contribution >= 0.6 is 0 Å². The van der Waals surface area contributed by atoms with Crippen LogP contribution < -0.4 is 10.6 Å². The van der Waals surface area contributed by atoms with Crippen molar-refractivity contribution in [1.82, 2.24) is 20.4 Å². The quantitative estimate of drug-likeness (QED) is 0.500. The first-order valence-electron chi connectivity index (χ1n) is 8.87. The van der Waals surface area contributed by atoms with Crippen molar-refractivity contribution >= 4 is 17.9 Å². The SMILES string of the molecule is CC(O)C(NC(=O)O)C(=O)N1CCN(Cc2ccccc2)C2(CNC2=O)C1. The Hall–Kier alpha value is -2.65. The Balaban J connectivity index is 1.76. The molecule has 3 unspecified atom stereocenters. The minimum absolute atomic E-state index is 0.143. The molecule has 9 heteroatoms. The number of carbonyl (C=O) groups excluding carboxylic acids is 2. The number of aliphatic hydroxyl groups is 1. The number of aliphatic hydroxyl groups excluding tert-OH is 1. The van der Waals surface area contributed by atoms with Crippen molar-refractivity contribution < 1.29 is 24.6 Å². The molecule has 2 aliphatic heterocycles. The third-order valence-electron chi connectivity index (χ3n) is 5.22. The molecule has 1 spiro atoms. The van der Waals surface area contributed by atoms with Gasteiger partial charge < -0.3 is 25.7 Å². The molecule has 3 atom stereocenters. The highest BCUT2D eigenvalue weighted by Gasteiger charge is 2.55. The number of amides is 3. The Labute approximate surface area is 156 Å². The van der Waals surface area contributed by atoms with Crippen molar-refractivity contribution in [3.05, 3.63) is 35.9 Å². The number of rotatable bonds is 5. The van der Waals surface area contributed by atoms with Gasteiger partial charge in [-0.1, -0.05) is 30.3 Å². The van der Waals surface area contributed by atoms with Crippen LogP contribution in [0.2, 0.25) is 0 Å². The van der Waals surface area contributed by atoms with Crippen LogP contribution in [0.3, 0.4) is 0 Å². The third-order valence-corrected chi connectivity index (χ3v) is 5.22. The first-order chi connectivity index (χ1) is 12.8. The highest BCUT2D eigenvalue weighted by atomic mass is 16.4. The summed E-state index contributed by atoms with van der Waals surface area (Å²) in [7, 11) is 0. The van der Waals surface area contributed by atoms with E-state index >= 15 is 0 Å². The zero-order valence-corrected chi connectivity index (χ0v) is 15.1. The average Bonchev–Trinajstić information content (AvgIpc) is 2.65. The van der Waals surface area contributed by atoms with Crippen molar-refractivity contribution in [2.75, 3.05) is 26.2 Å². The number of carboxylic acid groups (broad SMARTS) is 1. The molecule has 27 heavy (non-hydrogen) atoms. The third kappa shape index (κ3) is 3.74. The number of nitrogens with zero attached hydrogens (tertiary/aromatic N) is 2. The van der Waals surface area contributed by atoms with Gasteiger partial charge in [0.2, 0.25) is 11.8 Å². The van der Waals surface area contributed by atoms with E-state index in [9.17, 15) is 19.5 Å². The standard InChI is InChI=1S/C18H24N4O5/c1-12(23)14(20-17(26)27)15(24)21-7-8-22(9-13-5-3-2-4-6-13)18(11-21)10-19-16(18)25/h2-6,12,14,20,23H,7-11H2,1H3,(H,19,25)(H,26,27). The summed E-state index contributed by atoms with van der Waals surface area (Å²) in [6.07, 6.45) is -2.56. The zero-order valence-electron chi connectivity index (χ0n) is 15.1. The van der Waals surface area contributed by atoms with Crippen LogP contribution in [0.5, 0.6) is 0 Å². The number of β-lactam (4-membered cyclic amide) rings is 1. The van der Waals surface area contributed by atoms with Gasteiger partial charge in [0, 0.05) is 32.7 Å². The van der Waals surface area contributed by atoms with E-state index in [4.69, 9.17) is 5.11 Å². The van der Waals surface area contributed by atoms with Gasteiger partial charge in [0.15, 0.2) is 0 Å². The van der Waals surface area contributed by atoms with E-state index in [-0.39, 0.29) is 12.5 Å². The molecule has 1 aromatic rings. The summed E-state index contributed by atoms with van der Waals surface area (Å²) < 4.78 is 0.